The van der Waals surface area contributed by atoms with Crippen molar-refractivity contribution in [3.05, 3.63) is 68.8 Å². The summed E-state index contributed by atoms with van der Waals surface area (Å²) in [6, 6.07) is 7.04. The van der Waals surface area contributed by atoms with Gasteiger partial charge in [0.1, 0.15) is 0 Å². The van der Waals surface area contributed by atoms with E-state index in [-0.39, 0.29) is 0 Å². The van der Waals surface area contributed by atoms with E-state index in [1.165, 1.54) is 83.6 Å². The van der Waals surface area contributed by atoms with Crippen molar-refractivity contribution >= 4 is 44.4 Å². The first-order valence-corrected chi connectivity index (χ1v) is 15.8. The van der Waals surface area contributed by atoms with Gasteiger partial charge in [0.15, 0.2) is 0 Å². The second kappa shape index (κ2) is 10.5. The maximum Gasteiger partial charge on any atom is 0.0726 e. The van der Waals surface area contributed by atoms with E-state index in [9.17, 15) is 0 Å². The minimum absolute atomic E-state index is 0.988. The fraction of sp³-hybridized carbons (Fsp3) is 0.444. The molecule has 0 spiro atoms. The molecule has 0 saturated heterocycles. The van der Waals surface area contributed by atoms with E-state index in [0.717, 1.165) is 69.2 Å². The van der Waals surface area contributed by atoms with Crippen molar-refractivity contribution in [1.29, 1.82) is 0 Å². The van der Waals surface area contributed by atoms with Crippen LogP contribution in [0.25, 0.3) is 44.4 Å². The Bertz CT molecular complexity index is 1740. The summed E-state index contributed by atoms with van der Waals surface area (Å²) in [7, 11) is 0. The summed E-state index contributed by atoms with van der Waals surface area (Å²) in [5.74, 6) is 0. The molecule has 6 rings (SSSR count). The third kappa shape index (κ3) is 3.94. The Labute approximate surface area is 239 Å². The lowest BCUT2D eigenvalue weighted by molar-refractivity contribution is 1.04. The molecule has 40 heavy (non-hydrogen) atoms. The molecule has 3 aromatic rings. The van der Waals surface area contributed by atoms with Gasteiger partial charge in [-0.3, -0.25) is 0 Å². The number of nitrogens with one attached hydrogen (secondary N) is 2. The molecule has 0 fully saturated rings. The van der Waals surface area contributed by atoms with Crippen LogP contribution in [0.1, 0.15) is 125 Å². The van der Waals surface area contributed by atoms with Gasteiger partial charge in [-0.25, -0.2) is 9.97 Å². The van der Waals surface area contributed by atoms with Crippen LogP contribution < -0.4 is 0 Å². The van der Waals surface area contributed by atoms with Crippen LogP contribution in [-0.4, -0.2) is 19.9 Å². The highest BCUT2D eigenvalue weighted by atomic mass is 14.8. The zero-order valence-electron chi connectivity index (χ0n) is 25.5. The number of hydrogen-bond acceptors (Lipinski definition) is 2. The van der Waals surface area contributed by atoms with E-state index >= 15 is 0 Å². The first-order chi connectivity index (χ1) is 19.5. The average molecular weight is 533 g/mol. The number of allylic oxidation sites excluding steroid dienone is 4. The molecule has 3 aliphatic rings. The van der Waals surface area contributed by atoms with Crippen LogP contribution in [0, 0.1) is 0 Å². The number of hydrogen-bond donors (Lipinski definition) is 2. The number of aryl methyl sites for hydroxylation is 4. The molecule has 0 unspecified atom stereocenters. The Morgan fingerprint density at radius 3 is 1.43 bits per heavy atom. The van der Waals surface area contributed by atoms with Gasteiger partial charge in [-0.05, 0) is 121 Å². The predicted molar refractivity (Wildman–Crippen MR) is 171 cm³/mol. The Hall–Kier alpha value is -3.40. The molecule has 0 amide bonds. The number of aromatic amines is 2. The molecular formula is C36H44N4. The Kier molecular flexibility index (Phi) is 7.06. The molecule has 0 atom stereocenters. The maximum absolute atomic E-state index is 5.41. The van der Waals surface area contributed by atoms with Crippen molar-refractivity contribution in [2.75, 3.05) is 0 Å². The van der Waals surface area contributed by atoms with Gasteiger partial charge in [-0.1, -0.05) is 48.5 Å². The first-order valence-electron chi connectivity index (χ1n) is 15.8. The average Bonchev–Trinajstić information content (AvgIpc) is 3.74. The quantitative estimate of drug-likeness (QED) is 0.318. The molecule has 8 bridgehead atoms. The fourth-order valence-electron chi connectivity index (χ4n) is 7.65. The Morgan fingerprint density at radius 1 is 0.500 bits per heavy atom. The van der Waals surface area contributed by atoms with Gasteiger partial charge in [-0.15, -0.1) is 0 Å². The van der Waals surface area contributed by atoms with Gasteiger partial charge in [0.05, 0.1) is 22.8 Å². The van der Waals surface area contributed by atoms with Crippen LogP contribution in [0.15, 0.2) is 18.2 Å². The molecule has 4 heteroatoms. The summed E-state index contributed by atoms with van der Waals surface area (Å²) < 4.78 is 0. The monoisotopic (exact) mass is 532 g/mol. The third-order valence-corrected chi connectivity index (χ3v) is 9.47. The number of rotatable bonds is 7. The summed E-state index contributed by atoms with van der Waals surface area (Å²) in [5.41, 5.74) is 22.2. The maximum atomic E-state index is 5.41. The SMILES string of the molecule is CCC1=C(CC)c2nc1cc1[nH]c(cc3[nH]c(cc4nc5c2CCC5=C4CC)c(CC)c3CC)c(CC)c1CC. The van der Waals surface area contributed by atoms with Crippen LogP contribution in [0.2, 0.25) is 0 Å². The Balaban J connectivity index is 1.85. The van der Waals surface area contributed by atoms with E-state index < -0.39 is 0 Å². The molecule has 2 aliphatic heterocycles. The molecular weight excluding hydrogens is 488 g/mol. The third-order valence-electron chi connectivity index (χ3n) is 9.47. The van der Waals surface area contributed by atoms with Crippen LogP contribution in [-0.2, 0) is 32.1 Å². The van der Waals surface area contributed by atoms with Gasteiger partial charge < -0.3 is 9.97 Å². The zero-order chi connectivity index (χ0) is 28.1. The van der Waals surface area contributed by atoms with E-state index in [0.29, 0.717) is 0 Å². The van der Waals surface area contributed by atoms with E-state index in [1.807, 2.05) is 0 Å². The lowest BCUT2D eigenvalue weighted by Crippen LogP contribution is -1.92. The van der Waals surface area contributed by atoms with Crippen molar-refractivity contribution in [2.24, 2.45) is 0 Å². The van der Waals surface area contributed by atoms with Crippen molar-refractivity contribution in [3.8, 4) is 0 Å². The van der Waals surface area contributed by atoms with E-state index in [2.05, 4.69) is 76.6 Å². The first kappa shape index (κ1) is 26.8. The number of fused-ring (bicyclic) bond motifs is 8. The fourth-order valence-corrected chi connectivity index (χ4v) is 7.65. The molecule has 4 nitrogen and oxygen atoms in total. The molecule has 0 aromatic carbocycles. The summed E-state index contributed by atoms with van der Waals surface area (Å²) >= 11 is 0. The van der Waals surface area contributed by atoms with Crippen molar-refractivity contribution < 1.29 is 0 Å². The molecule has 0 saturated carbocycles. The van der Waals surface area contributed by atoms with E-state index in [1.54, 1.807) is 0 Å². The summed E-state index contributed by atoms with van der Waals surface area (Å²) in [4.78, 5) is 18.5. The van der Waals surface area contributed by atoms with Crippen LogP contribution in [0.5, 0.6) is 0 Å². The number of nitrogens with zero attached hydrogens (tertiary/aromatic N) is 2. The normalized spacial score (nSPS) is 14.7. The highest BCUT2D eigenvalue weighted by Gasteiger charge is 2.31. The Morgan fingerprint density at radius 2 is 0.950 bits per heavy atom. The van der Waals surface area contributed by atoms with Crippen molar-refractivity contribution in [2.45, 2.75) is 106 Å². The summed E-state index contributed by atoms with van der Waals surface area (Å²) in [6.45, 7) is 16.0. The molecule has 1 aliphatic carbocycles. The molecule has 2 N–H and O–H groups in total. The highest BCUT2D eigenvalue weighted by molar-refractivity contribution is 5.99. The molecule has 3 aromatic heterocycles. The molecule has 208 valence electrons. The predicted octanol–water partition coefficient (Wildman–Crippen LogP) is 9.56. The summed E-state index contributed by atoms with van der Waals surface area (Å²) in [6.07, 6.45) is 9.09. The van der Waals surface area contributed by atoms with Crippen LogP contribution in [0.3, 0.4) is 0 Å². The topological polar surface area (TPSA) is 57.4 Å². The summed E-state index contributed by atoms with van der Waals surface area (Å²) in [5, 5.41) is 0. The van der Waals surface area contributed by atoms with Gasteiger partial charge in [0.25, 0.3) is 0 Å². The minimum Gasteiger partial charge on any atom is -0.355 e. The van der Waals surface area contributed by atoms with Crippen molar-refractivity contribution in [3.63, 3.8) is 0 Å². The standard InChI is InChI=1S/C36H44N4/c1-8-20-22(10-3)31-18-33-24(12-5)26(14-7)35(39-33)28-16-15-27-25(13-6)34(40-36(27)28)19-32-23(11-4)21(9-2)30(38-32)17-29(20)37-31/h17-19,37-38H,8-16H2,1-7H3. The zero-order valence-corrected chi connectivity index (χ0v) is 25.5. The van der Waals surface area contributed by atoms with Gasteiger partial charge in [-0.2, -0.15) is 0 Å². The number of aromatic nitrogens is 4. The van der Waals surface area contributed by atoms with Crippen LogP contribution >= 0.6 is 0 Å². The highest BCUT2D eigenvalue weighted by Crippen LogP contribution is 2.46. The second-order valence-corrected chi connectivity index (χ2v) is 11.3. The smallest absolute Gasteiger partial charge is 0.0726 e. The number of H-pyrrole nitrogens is 2. The molecule has 0 radical (unpaired) electrons. The van der Waals surface area contributed by atoms with Gasteiger partial charge in [0.2, 0.25) is 0 Å². The lowest BCUT2D eigenvalue weighted by Gasteiger charge is -2.05. The van der Waals surface area contributed by atoms with E-state index in [4.69, 9.17) is 9.97 Å². The minimum atomic E-state index is 0.988. The second-order valence-electron chi connectivity index (χ2n) is 11.3. The largest absolute Gasteiger partial charge is 0.355 e. The lowest BCUT2D eigenvalue weighted by atomic mass is 9.97. The van der Waals surface area contributed by atoms with Crippen molar-refractivity contribution in [1.82, 2.24) is 19.9 Å². The van der Waals surface area contributed by atoms with Crippen LogP contribution in [0.4, 0.5) is 0 Å². The van der Waals surface area contributed by atoms with Gasteiger partial charge in [0, 0.05) is 27.6 Å². The molecule has 5 heterocycles. The van der Waals surface area contributed by atoms with Gasteiger partial charge >= 0.3 is 0 Å².